The maximum Gasteiger partial charge on any atom is 0.338 e. The van der Waals surface area contributed by atoms with Crippen LogP contribution in [0.4, 0.5) is 5.69 Å². The van der Waals surface area contributed by atoms with Crippen LogP contribution in [0.25, 0.3) is 17.4 Å². The molecule has 39 heavy (non-hydrogen) atoms. The number of esters is 1. The molecule has 1 unspecified atom stereocenters. The molecule has 5 rings (SSSR count). The molecule has 2 aromatic carbocycles. The third kappa shape index (κ3) is 5.06. The minimum Gasteiger partial charge on any atom is -0.463 e. The van der Waals surface area contributed by atoms with E-state index in [4.69, 9.17) is 32.4 Å². The van der Waals surface area contributed by atoms with Gasteiger partial charge in [0.15, 0.2) is 4.80 Å². The number of fused-ring (bicyclic) bond motifs is 1. The van der Waals surface area contributed by atoms with Gasteiger partial charge in [0.1, 0.15) is 11.5 Å². The maximum absolute atomic E-state index is 13.7. The summed E-state index contributed by atoms with van der Waals surface area (Å²) >= 11 is 13.5. The molecule has 12 heteroatoms. The van der Waals surface area contributed by atoms with Gasteiger partial charge in [0.25, 0.3) is 11.2 Å². The van der Waals surface area contributed by atoms with Crippen molar-refractivity contribution in [3.63, 3.8) is 0 Å². The Labute approximate surface area is 235 Å². The number of nitro benzene ring substituents is 1. The van der Waals surface area contributed by atoms with E-state index < -0.39 is 16.9 Å². The number of nitrogens with zero attached hydrogens (tertiary/aromatic N) is 3. The van der Waals surface area contributed by atoms with Crippen molar-refractivity contribution in [2.45, 2.75) is 19.9 Å². The predicted molar refractivity (Wildman–Crippen MR) is 148 cm³/mol. The lowest BCUT2D eigenvalue weighted by atomic mass is 9.96. The van der Waals surface area contributed by atoms with E-state index in [1.54, 1.807) is 56.3 Å². The van der Waals surface area contributed by atoms with E-state index in [1.165, 1.54) is 22.8 Å². The van der Waals surface area contributed by atoms with E-state index in [0.717, 1.165) is 11.3 Å². The number of allylic oxidation sites excluding steroid dienone is 1. The Kier molecular flexibility index (Phi) is 7.26. The minimum absolute atomic E-state index is 0.129. The van der Waals surface area contributed by atoms with Crippen LogP contribution in [0.2, 0.25) is 10.0 Å². The molecule has 3 heterocycles. The third-order valence-corrected chi connectivity index (χ3v) is 7.59. The fourth-order valence-electron chi connectivity index (χ4n) is 4.27. The lowest BCUT2D eigenvalue weighted by Gasteiger charge is -2.24. The number of ether oxygens (including phenoxy) is 1. The summed E-state index contributed by atoms with van der Waals surface area (Å²) in [6.45, 7) is 3.58. The number of nitro groups is 1. The topological polar surface area (TPSA) is 117 Å². The van der Waals surface area contributed by atoms with Crippen LogP contribution in [0.15, 0.2) is 80.1 Å². The Bertz CT molecular complexity index is 1840. The first-order chi connectivity index (χ1) is 18.7. The molecular formula is C27H19Cl2N3O6S. The lowest BCUT2D eigenvalue weighted by Crippen LogP contribution is -2.39. The fourth-order valence-corrected chi connectivity index (χ4v) is 5.64. The number of aromatic nitrogens is 1. The highest BCUT2D eigenvalue weighted by molar-refractivity contribution is 7.07. The molecule has 1 aliphatic rings. The number of halogens is 2. The molecule has 9 nitrogen and oxygen atoms in total. The predicted octanol–water partition coefficient (Wildman–Crippen LogP) is 5.27. The summed E-state index contributed by atoms with van der Waals surface area (Å²) in [5, 5.41) is 12.0. The lowest BCUT2D eigenvalue weighted by molar-refractivity contribution is -0.384. The monoisotopic (exact) mass is 583 g/mol. The van der Waals surface area contributed by atoms with E-state index in [1.807, 2.05) is 0 Å². The number of rotatable bonds is 6. The molecule has 198 valence electrons. The SMILES string of the molecule is CCOC(=O)C1=C(C)N=c2sc(=Cc3ccc(-c4cc([N+](=O)[O-])ccc4Cl)o3)c(=O)n2C1c1ccc(Cl)cc1. The number of hydrogen-bond acceptors (Lipinski definition) is 8. The van der Waals surface area contributed by atoms with Crippen LogP contribution < -0.4 is 14.9 Å². The second kappa shape index (κ2) is 10.6. The first-order valence-corrected chi connectivity index (χ1v) is 13.2. The second-order valence-electron chi connectivity index (χ2n) is 8.48. The summed E-state index contributed by atoms with van der Waals surface area (Å²) < 4.78 is 12.9. The number of hydrogen-bond donors (Lipinski definition) is 0. The average Bonchev–Trinajstić information content (AvgIpc) is 3.48. The first kappa shape index (κ1) is 26.6. The van der Waals surface area contributed by atoms with Gasteiger partial charge in [0, 0.05) is 28.8 Å². The molecule has 0 spiro atoms. The van der Waals surface area contributed by atoms with Gasteiger partial charge in [-0.2, -0.15) is 0 Å². The number of furan rings is 1. The maximum atomic E-state index is 13.7. The van der Waals surface area contributed by atoms with Crippen molar-refractivity contribution in [3.05, 3.63) is 117 Å². The molecule has 0 bridgehead atoms. The van der Waals surface area contributed by atoms with Crippen molar-refractivity contribution in [2.75, 3.05) is 6.61 Å². The van der Waals surface area contributed by atoms with E-state index in [-0.39, 0.29) is 28.4 Å². The van der Waals surface area contributed by atoms with Gasteiger partial charge in [-0.25, -0.2) is 9.79 Å². The molecule has 1 atom stereocenters. The largest absolute Gasteiger partial charge is 0.463 e. The number of carbonyl (C=O) groups is 1. The van der Waals surface area contributed by atoms with Gasteiger partial charge in [-0.15, -0.1) is 0 Å². The van der Waals surface area contributed by atoms with E-state index in [2.05, 4.69) is 4.99 Å². The third-order valence-electron chi connectivity index (χ3n) is 6.03. The highest BCUT2D eigenvalue weighted by atomic mass is 35.5. The van der Waals surface area contributed by atoms with Gasteiger partial charge in [0.05, 0.1) is 38.4 Å². The molecule has 0 saturated heterocycles. The van der Waals surface area contributed by atoms with Gasteiger partial charge in [0.2, 0.25) is 0 Å². The van der Waals surface area contributed by atoms with Gasteiger partial charge in [-0.1, -0.05) is 46.7 Å². The summed E-state index contributed by atoms with van der Waals surface area (Å²) in [6.07, 6.45) is 1.56. The van der Waals surface area contributed by atoms with Gasteiger partial charge >= 0.3 is 5.97 Å². The summed E-state index contributed by atoms with van der Waals surface area (Å²) in [6, 6.07) is 13.4. The van der Waals surface area contributed by atoms with Crippen molar-refractivity contribution in [2.24, 2.45) is 4.99 Å². The van der Waals surface area contributed by atoms with Crippen LogP contribution in [0, 0.1) is 10.1 Å². The van der Waals surface area contributed by atoms with Crippen molar-refractivity contribution >= 4 is 52.3 Å². The second-order valence-corrected chi connectivity index (χ2v) is 10.3. The van der Waals surface area contributed by atoms with Crippen LogP contribution >= 0.6 is 34.5 Å². The first-order valence-electron chi connectivity index (χ1n) is 11.7. The highest BCUT2D eigenvalue weighted by Crippen LogP contribution is 2.33. The van der Waals surface area contributed by atoms with Crippen molar-refractivity contribution in [1.29, 1.82) is 0 Å². The minimum atomic E-state index is -0.768. The fraction of sp³-hybridized carbons (Fsp3) is 0.148. The normalized spacial score (nSPS) is 15.2. The standard InChI is InChI=1S/C27H19Cl2N3O6S/c1-3-37-26(34)23-14(2)30-27-31(24(23)15-4-6-16(28)7-5-15)25(33)22(39-27)13-18-9-11-21(38-18)19-12-17(32(35)36)8-10-20(19)29/h4-13,24H,3H2,1-2H3. The molecule has 0 radical (unpaired) electrons. The molecule has 1 aliphatic heterocycles. The van der Waals surface area contributed by atoms with Crippen molar-refractivity contribution in [3.8, 4) is 11.3 Å². The Morgan fingerprint density at radius 1 is 1.21 bits per heavy atom. The van der Waals surface area contributed by atoms with Crippen LogP contribution in [0.5, 0.6) is 0 Å². The van der Waals surface area contributed by atoms with Gasteiger partial charge < -0.3 is 9.15 Å². The van der Waals surface area contributed by atoms with E-state index >= 15 is 0 Å². The molecule has 0 N–H and O–H groups in total. The van der Waals surface area contributed by atoms with E-state index in [0.29, 0.717) is 42.7 Å². The summed E-state index contributed by atoms with van der Waals surface area (Å²) in [7, 11) is 0. The summed E-state index contributed by atoms with van der Waals surface area (Å²) in [4.78, 5) is 42.3. The van der Waals surface area contributed by atoms with Crippen molar-refractivity contribution < 1.29 is 18.9 Å². The number of carbonyl (C=O) groups excluding carboxylic acids is 1. The van der Waals surface area contributed by atoms with Crippen molar-refractivity contribution in [1.82, 2.24) is 4.57 Å². The zero-order valence-corrected chi connectivity index (χ0v) is 22.8. The highest BCUT2D eigenvalue weighted by Gasteiger charge is 2.33. The van der Waals surface area contributed by atoms with Crippen LogP contribution in [0.3, 0.4) is 0 Å². The van der Waals surface area contributed by atoms with Gasteiger partial charge in [-0.3, -0.25) is 19.5 Å². The average molecular weight is 584 g/mol. The van der Waals surface area contributed by atoms with Crippen LogP contribution in [0.1, 0.15) is 31.2 Å². The Balaban J connectivity index is 1.62. The Hall–Kier alpha value is -3.99. The number of non-ortho nitro benzene ring substituents is 1. The Morgan fingerprint density at radius 3 is 2.64 bits per heavy atom. The quantitative estimate of drug-likeness (QED) is 0.173. The zero-order valence-electron chi connectivity index (χ0n) is 20.5. The van der Waals surface area contributed by atoms with E-state index in [9.17, 15) is 19.7 Å². The van der Waals surface area contributed by atoms with Crippen LogP contribution in [-0.2, 0) is 9.53 Å². The zero-order chi connectivity index (χ0) is 27.8. The summed E-state index contributed by atoms with van der Waals surface area (Å²) in [5.74, 6) is 0.0851. The molecule has 0 fully saturated rings. The molecular weight excluding hydrogens is 565 g/mol. The smallest absolute Gasteiger partial charge is 0.338 e. The molecule has 0 aliphatic carbocycles. The molecule has 2 aromatic heterocycles. The van der Waals surface area contributed by atoms with Gasteiger partial charge in [-0.05, 0) is 49.7 Å². The number of benzene rings is 2. The number of thiazole rings is 1. The molecule has 0 amide bonds. The molecule has 4 aromatic rings. The van der Waals surface area contributed by atoms with Crippen LogP contribution in [-0.4, -0.2) is 22.1 Å². The summed E-state index contributed by atoms with van der Waals surface area (Å²) in [5.41, 5.74) is 1.23. The Morgan fingerprint density at radius 2 is 1.95 bits per heavy atom. The molecule has 0 saturated carbocycles.